The maximum absolute atomic E-state index is 12.3. The molecule has 1 aliphatic rings. The zero-order valence-electron chi connectivity index (χ0n) is 10.7. The molecule has 1 aliphatic heterocycles. The summed E-state index contributed by atoms with van der Waals surface area (Å²) in [7, 11) is 0. The number of urea groups is 1. The fourth-order valence-electron chi connectivity index (χ4n) is 1.75. The Labute approximate surface area is 119 Å². The van der Waals surface area contributed by atoms with E-state index in [0.717, 1.165) is 4.90 Å². The number of benzene rings is 1. The van der Waals surface area contributed by atoms with Gasteiger partial charge >= 0.3 is 6.03 Å². The molecule has 0 atom stereocenters. The molecule has 7 heteroatoms. The van der Waals surface area contributed by atoms with Crippen molar-refractivity contribution in [3.8, 4) is 6.07 Å². The Morgan fingerprint density at radius 1 is 1.30 bits per heavy atom. The fourth-order valence-corrected chi connectivity index (χ4v) is 1.95. The Bertz CT molecular complexity index is 676. The van der Waals surface area contributed by atoms with Crippen molar-refractivity contribution in [3.05, 3.63) is 28.8 Å². The number of imide groups is 2. The number of carbonyl (C=O) groups excluding carboxylic acids is 3. The predicted molar refractivity (Wildman–Crippen MR) is 71.0 cm³/mol. The van der Waals surface area contributed by atoms with Gasteiger partial charge in [0.2, 0.25) is 11.8 Å². The van der Waals surface area contributed by atoms with E-state index >= 15 is 0 Å². The summed E-state index contributed by atoms with van der Waals surface area (Å²) in [6.45, 7) is 2.82. The van der Waals surface area contributed by atoms with Crippen LogP contribution in [-0.2, 0) is 9.59 Å². The van der Waals surface area contributed by atoms with Crippen molar-refractivity contribution in [2.24, 2.45) is 5.41 Å². The van der Waals surface area contributed by atoms with E-state index in [1.165, 1.54) is 32.0 Å². The van der Waals surface area contributed by atoms with E-state index in [2.05, 4.69) is 5.32 Å². The average Bonchev–Trinajstić information content (AvgIpc) is 2.39. The minimum absolute atomic E-state index is 0.0776. The molecule has 0 unspecified atom stereocenters. The summed E-state index contributed by atoms with van der Waals surface area (Å²) in [5.41, 5.74) is -1.06. The van der Waals surface area contributed by atoms with Gasteiger partial charge in [0.25, 0.3) is 0 Å². The monoisotopic (exact) mass is 291 g/mol. The second kappa shape index (κ2) is 4.62. The van der Waals surface area contributed by atoms with E-state index in [-0.39, 0.29) is 16.3 Å². The van der Waals surface area contributed by atoms with Crippen molar-refractivity contribution < 1.29 is 14.4 Å². The number of halogens is 1. The van der Waals surface area contributed by atoms with Crippen LogP contribution in [0.3, 0.4) is 0 Å². The second-order valence-corrected chi connectivity index (χ2v) is 5.21. The van der Waals surface area contributed by atoms with Gasteiger partial charge in [-0.15, -0.1) is 0 Å². The average molecular weight is 292 g/mol. The summed E-state index contributed by atoms with van der Waals surface area (Å²) in [4.78, 5) is 36.6. The van der Waals surface area contributed by atoms with Gasteiger partial charge in [0.15, 0.2) is 0 Å². The lowest BCUT2D eigenvalue weighted by Gasteiger charge is -2.34. The lowest BCUT2D eigenvalue weighted by Crippen LogP contribution is -2.62. The highest BCUT2D eigenvalue weighted by atomic mass is 35.5. The predicted octanol–water partition coefficient (Wildman–Crippen LogP) is 1.82. The van der Waals surface area contributed by atoms with Crippen molar-refractivity contribution >= 4 is 35.1 Å². The summed E-state index contributed by atoms with van der Waals surface area (Å²) >= 11 is 5.98. The minimum Gasteiger partial charge on any atom is -0.276 e. The van der Waals surface area contributed by atoms with Crippen LogP contribution in [0.5, 0.6) is 0 Å². The number of nitrogens with one attached hydrogen (secondary N) is 1. The fraction of sp³-hybridized carbons (Fsp3) is 0.231. The van der Waals surface area contributed by atoms with Gasteiger partial charge in [0, 0.05) is 0 Å². The van der Waals surface area contributed by atoms with Gasteiger partial charge in [0.1, 0.15) is 5.41 Å². The molecule has 0 saturated carbocycles. The molecule has 1 N–H and O–H groups in total. The molecule has 0 spiro atoms. The van der Waals surface area contributed by atoms with Crippen molar-refractivity contribution in [2.75, 3.05) is 4.90 Å². The molecule has 1 aromatic rings. The normalized spacial score (nSPS) is 17.7. The van der Waals surface area contributed by atoms with Crippen LogP contribution in [0.15, 0.2) is 18.2 Å². The SMILES string of the molecule is CC1(C)C(=O)NC(=O)N(c2cc(C#N)ccc2Cl)C1=O. The van der Waals surface area contributed by atoms with Crippen LogP contribution in [0.4, 0.5) is 10.5 Å². The molecule has 1 heterocycles. The van der Waals surface area contributed by atoms with Gasteiger partial charge in [-0.2, -0.15) is 5.26 Å². The first-order chi connectivity index (χ1) is 9.28. The maximum atomic E-state index is 12.3. The number of nitrogens with zero attached hydrogens (tertiary/aromatic N) is 2. The number of nitriles is 1. The summed E-state index contributed by atoms with van der Waals surface area (Å²) in [5, 5.41) is 11.1. The first kappa shape index (κ1) is 14.0. The van der Waals surface area contributed by atoms with Crippen LogP contribution >= 0.6 is 11.6 Å². The Morgan fingerprint density at radius 3 is 2.55 bits per heavy atom. The highest BCUT2D eigenvalue weighted by molar-refractivity contribution is 6.37. The van der Waals surface area contributed by atoms with E-state index in [0.29, 0.717) is 0 Å². The van der Waals surface area contributed by atoms with Crippen molar-refractivity contribution in [2.45, 2.75) is 13.8 Å². The van der Waals surface area contributed by atoms with E-state index in [1.54, 1.807) is 0 Å². The summed E-state index contributed by atoms with van der Waals surface area (Å²) < 4.78 is 0. The molecule has 0 aliphatic carbocycles. The zero-order valence-corrected chi connectivity index (χ0v) is 11.5. The Balaban J connectivity index is 2.57. The molecule has 0 bridgehead atoms. The minimum atomic E-state index is -1.39. The summed E-state index contributed by atoms with van der Waals surface area (Å²) in [6.07, 6.45) is 0. The lowest BCUT2D eigenvalue weighted by molar-refractivity contribution is -0.140. The molecule has 1 aromatic carbocycles. The van der Waals surface area contributed by atoms with Crippen molar-refractivity contribution in [3.63, 3.8) is 0 Å². The summed E-state index contributed by atoms with van der Waals surface area (Å²) in [6, 6.07) is 5.23. The maximum Gasteiger partial charge on any atom is 0.335 e. The highest BCUT2D eigenvalue weighted by Gasteiger charge is 2.48. The van der Waals surface area contributed by atoms with Crippen LogP contribution in [0.1, 0.15) is 19.4 Å². The van der Waals surface area contributed by atoms with Gasteiger partial charge in [-0.1, -0.05) is 11.6 Å². The van der Waals surface area contributed by atoms with Crippen LogP contribution in [0.25, 0.3) is 0 Å². The van der Waals surface area contributed by atoms with Gasteiger partial charge in [-0.3, -0.25) is 14.9 Å². The Morgan fingerprint density at radius 2 is 1.95 bits per heavy atom. The second-order valence-electron chi connectivity index (χ2n) is 4.80. The first-order valence-electron chi connectivity index (χ1n) is 5.68. The standard InChI is InChI=1S/C13H10ClN3O3/c1-13(2)10(18)16-12(20)17(11(13)19)9-5-7(6-15)3-4-8(9)14/h3-5H,1-2H3,(H,16,18,20). The quantitative estimate of drug-likeness (QED) is 0.799. The summed E-state index contributed by atoms with van der Waals surface area (Å²) in [5.74, 6) is -1.36. The van der Waals surface area contributed by atoms with Crippen LogP contribution in [-0.4, -0.2) is 17.8 Å². The molecule has 6 nitrogen and oxygen atoms in total. The molecule has 1 saturated heterocycles. The van der Waals surface area contributed by atoms with E-state index in [4.69, 9.17) is 16.9 Å². The largest absolute Gasteiger partial charge is 0.335 e. The molecule has 2 rings (SSSR count). The molecule has 0 radical (unpaired) electrons. The zero-order chi connectivity index (χ0) is 15.1. The number of amides is 4. The number of hydrogen-bond donors (Lipinski definition) is 1. The molecule has 0 aromatic heterocycles. The van der Waals surface area contributed by atoms with E-state index in [1.807, 2.05) is 6.07 Å². The van der Waals surface area contributed by atoms with Crippen molar-refractivity contribution in [1.82, 2.24) is 5.32 Å². The van der Waals surface area contributed by atoms with Gasteiger partial charge in [-0.05, 0) is 32.0 Å². The van der Waals surface area contributed by atoms with Gasteiger partial charge in [0.05, 0.1) is 22.3 Å². The molecule has 20 heavy (non-hydrogen) atoms. The van der Waals surface area contributed by atoms with E-state index in [9.17, 15) is 14.4 Å². The van der Waals surface area contributed by atoms with E-state index < -0.39 is 23.3 Å². The van der Waals surface area contributed by atoms with Crippen LogP contribution < -0.4 is 10.2 Å². The van der Waals surface area contributed by atoms with Crippen LogP contribution in [0.2, 0.25) is 5.02 Å². The Hall–Kier alpha value is -2.39. The third-order valence-corrected chi connectivity index (χ3v) is 3.36. The first-order valence-corrected chi connectivity index (χ1v) is 6.06. The Kier molecular flexibility index (Phi) is 3.24. The number of carbonyl (C=O) groups is 3. The molecule has 1 fully saturated rings. The third-order valence-electron chi connectivity index (χ3n) is 3.05. The van der Waals surface area contributed by atoms with Crippen LogP contribution in [0, 0.1) is 16.7 Å². The lowest BCUT2D eigenvalue weighted by atomic mass is 9.88. The van der Waals surface area contributed by atoms with Gasteiger partial charge in [-0.25, -0.2) is 9.69 Å². The van der Waals surface area contributed by atoms with Crippen molar-refractivity contribution in [1.29, 1.82) is 5.26 Å². The van der Waals surface area contributed by atoms with Gasteiger partial charge < -0.3 is 0 Å². The topological polar surface area (TPSA) is 90.3 Å². The number of anilines is 1. The molecular formula is C13H10ClN3O3. The smallest absolute Gasteiger partial charge is 0.276 e. The number of rotatable bonds is 1. The number of barbiturate groups is 1. The molecule has 102 valence electrons. The number of hydrogen-bond acceptors (Lipinski definition) is 4. The molecule has 4 amide bonds. The third kappa shape index (κ3) is 2.02. The molecular weight excluding hydrogens is 282 g/mol. The highest BCUT2D eigenvalue weighted by Crippen LogP contribution is 2.33.